The molecule has 0 radical (unpaired) electrons. The molecule has 1 unspecified atom stereocenters. The van der Waals surface area contributed by atoms with Crippen molar-refractivity contribution in [2.24, 2.45) is 16.9 Å². The van der Waals surface area contributed by atoms with Gasteiger partial charge in [-0.3, -0.25) is 0 Å². The van der Waals surface area contributed by atoms with Gasteiger partial charge in [0.2, 0.25) is 0 Å². The molecule has 0 aliphatic heterocycles. The van der Waals surface area contributed by atoms with Crippen LogP contribution in [0.2, 0.25) is 0 Å². The first-order valence-electron chi connectivity index (χ1n) is 5.00. The number of nitrogens with two attached hydrogens (primary N) is 2. The Morgan fingerprint density at radius 2 is 1.83 bits per heavy atom. The SMILES string of the molecule is CCCCCC(C)(C)C(N)CN. The lowest BCUT2D eigenvalue weighted by Crippen LogP contribution is -2.43. The summed E-state index contributed by atoms with van der Waals surface area (Å²) in [6.45, 7) is 7.23. The third-order valence-corrected chi connectivity index (χ3v) is 2.68. The van der Waals surface area contributed by atoms with Crippen LogP contribution in [-0.2, 0) is 0 Å². The maximum absolute atomic E-state index is 5.91. The van der Waals surface area contributed by atoms with Crippen LogP contribution in [-0.4, -0.2) is 12.6 Å². The van der Waals surface area contributed by atoms with Crippen LogP contribution < -0.4 is 11.5 Å². The Kier molecular flexibility index (Phi) is 5.51. The molecule has 0 aliphatic carbocycles. The van der Waals surface area contributed by atoms with E-state index >= 15 is 0 Å². The molecule has 12 heavy (non-hydrogen) atoms. The molecule has 74 valence electrons. The minimum absolute atomic E-state index is 0.148. The van der Waals surface area contributed by atoms with E-state index in [0.29, 0.717) is 6.54 Å². The van der Waals surface area contributed by atoms with Gasteiger partial charge >= 0.3 is 0 Å². The maximum Gasteiger partial charge on any atom is 0.0215 e. The minimum atomic E-state index is 0.148. The molecule has 0 aromatic heterocycles. The first-order valence-corrected chi connectivity index (χ1v) is 5.00. The lowest BCUT2D eigenvalue weighted by molar-refractivity contribution is 0.258. The Morgan fingerprint density at radius 3 is 2.25 bits per heavy atom. The van der Waals surface area contributed by atoms with Crippen molar-refractivity contribution in [1.82, 2.24) is 0 Å². The molecule has 0 rings (SSSR count). The monoisotopic (exact) mass is 172 g/mol. The molecule has 1 atom stereocenters. The smallest absolute Gasteiger partial charge is 0.0215 e. The number of rotatable bonds is 6. The first kappa shape index (κ1) is 11.9. The molecule has 0 saturated heterocycles. The Hall–Kier alpha value is -0.0800. The molecule has 0 spiro atoms. The van der Waals surface area contributed by atoms with Gasteiger partial charge in [-0.2, -0.15) is 0 Å². The summed E-state index contributed by atoms with van der Waals surface area (Å²) < 4.78 is 0. The molecule has 0 aromatic rings. The molecule has 2 nitrogen and oxygen atoms in total. The molecule has 0 fully saturated rings. The quantitative estimate of drug-likeness (QED) is 0.601. The minimum Gasteiger partial charge on any atom is -0.329 e. The van der Waals surface area contributed by atoms with E-state index in [1.54, 1.807) is 0 Å². The molecule has 0 aromatic carbocycles. The van der Waals surface area contributed by atoms with Crippen molar-refractivity contribution in [3.8, 4) is 0 Å². The Morgan fingerprint density at radius 1 is 1.25 bits per heavy atom. The zero-order valence-electron chi connectivity index (χ0n) is 8.77. The predicted molar refractivity (Wildman–Crippen MR) is 55.0 cm³/mol. The fourth-order valence-corrected chi connectivity index (χ4v) is 1.34. The molecule has 2 heteroatoms. The largest absolute Gasteiger partial charge is 0.329 e. The van der Waals surface area contributed by atoms with E-state index in [0.717, 1.165) is 0 Å². The Labute approximate surface area is 76.7 Å². The van der Waals surface area contributed by atoms with Gasteiger partial charge in [-0.05, 0) is 11.8 Å². The summed E-state index contributed by atoms with van der Waals surface area (Å²) in [6, 6.07) is 0.148. The predicted octanol–water partition coefficient (Wildman–Crippen LogP) is 1.88. The molecule has 4 N–H and O–H groups in total. The highest BCUT2D eigenvalue weighted by molar-refractivity contribution is 4.81. The van der Waals surface area contributed by atoms with Crippen LogP contribution in [0, 0.1) is 5.41 Å². The van der Waals surface area contributed by atoms with Gasteiger partial charge in [0.1, 0.15) is 0 Å². The summed E-state index contributed by atoms with van der Waals surface area (Å²) in [5.41, 5.74) is 11.7. The van der Waals surface area contributed by atoms with Gasteiger partial charge < -0.3 is 11.5 Å². The number of hydrogen-bond acceptors (Lipinski definition) is 2. The van der Waals surface area contributed by atoms with Crippen LogP contribution in [0.5, 0.6) is 0 Å². The summed E-state index contributed by atoms with van der Waals surface area (Å²) in [4.78, 5) is 0. The topological polar surface area (TPSA) is 52.0 Å². The molecule has 0 saturated carbocycles. The van der Waals surface area contributed by atoms with E-state index < -0.39 is 0 Å². The summed E-state index contributed by atoms with van der Waals surface area (Å²) >= 11 is 0. The molecular formula is C10H24N2. The van der Waals surface area contributed by atoms with Crippen LogP contribution in [0.1, 0.15) is 46.5 Å². The van der Waals surface area contributed by atoms with Crippen LogP contribution in [0.4, 0.5) is 0 Å². The number of unbranched alkanes of at least 4 members (excludes halogenated alkanes) is 2. The van der Waals surface area contributed by atoms with E-state index in [4.69, 9.17) is 11.5 Å². The van der Waals surface area contributed by atoms with E-state index in [1.165, 1.54) is 25.7 Å². The maximum atomic E-state index is 5.91. The zero-order valence-corrected chi connectivity index (χ0v) is 8.77. The highest BCUT2D eigenvalue weighted by atomic mass is 14.7. The molecule has 0 heterocycles. The fourth-order valence-electron chi connectivity index (χ4n) is 1.34. The third kappa shape index (κ3) is 4.07. The van der Waals surface area contributed by atoms with Gasteiger partial charge in [-0.15, -0.1) is 0 Å². The highest BCUT2D eigenvalue weighted by Gasteiger charge is 2.24. The molecule has 0 amide bonds. The van der Waals surface area contributed by atoms with Crippen molar-refractivity contribution in [2.45, 2.75) is 52.5 Å². The van der Waals surface area contributed by atoms with Crippen LogP contribution in [0.25, 0.3) is 0 Å². The van der Waals surface area contributed by atoms with Crippen LogP contribution >= 0.6 is 0 Å². The van der Waals surface area contributed by atoms with Gasteiger partial charge in [0.15, 0.2) is 0 Å². The Balaban J connectivity index is 3.70. The normalized spacial score (nSPS) is 14.8. The van der Waals surface area contributed by atoms with E-state index in [-0.39, 0.29) is 11.5 Å². The molecular weight excluding hydrogens is 148 g/mol. The van der Waals surface area contributed by atoms with Gasteiger partial charge in [-0.1, -0.05) is 40.0 Å². The van der Waals surface area contributed by atoms with Crippen molar-refractivity contribution < 1.29 is 0 Å². The van der Waals surface area contributed by atoms with Crippen molar-refractivity contribution >= 4 is 0 Å². The van der Waals surface area contributed by atoms with E-state index in [1.807, 2.05) is 0 Å². The van der Waals surface area contributed by atoms with E-state index in [9.17, 15) is 0 Å². The summed E-state index contributed by atoms with van der Waals surface area (Å²) in [5.74, 6) is 0. The van der Waals surface area contributed by atoms with Crippen LogP contribution in [0.3, 0.4) is 0 Å². The van der Waals surface area contributed by atoms with Crippen molar-refractivity contribution in [3.63, 3.8) is 0 Å². The van der Waals surface area contributed by atoms with Crippen molar-refractivity contribution in [2.75, 3.05) is 6.54 Å². The van der Waals surface area contributed by atoms with Gasteiger partial charge in [0.05, 0.1) is 0 Å². The fraction of sp³-hybridized carbons (Fsp3) is 1.00. The average Bonchev–Trinajstić information content (AvgIpc) is 2.03. The Bertz CT molecular complexity index is 110. The van der Waals surface area contributed by atoms with Crippen molar-refractivity contribution in [3.05, 3.63) is 0 Å². The van der Waals surface area contributed by atoms with Crippen molar-refractivity contribution in [1.29, 1.82) is 0 Å². The third-order valence-electron chi connectivity index (χ3n) is 2.68. The summed E-state index contributed by atoms with van der Waals surface area (Å²) in [5, 5.41) is 0. The van der Waals surface area contributed by atoms with Gasteiger partial charge in [0.25, 0.3) is 0 Å². The lowest BCUT2D eigenvalue weighted by atomic mass is 9.80. The average molecular weight is 172 g/mol. The summed E-state index contributed by atoms with van der Waals surface area (Å²) in [6.07, 6.45) is 5.05. The highest BCUT2D eigenvalue weighted by Crippen LogP contribution is 2.26. The zero-order chi connectivity index (χ0) is 9.61. The van der Waals surface area contributed by atoms with E-state index in [2.05, 4.69) is 20.8 Å². The van der Waals surface area contributed by atoms with Gasteiger partial charge in [0, 0.05) is 12.6 Å². The first-order chi connectivity index (χ1) is 5.54. The van der Waals surface area contributed by atoms with Crippen LogP contribution in [0.15, 0.2) is 0 Å². The standard InChI is InChI=1S/C10H24N2/c1-4-5-6-7-10(2,3)9(12)8-11/h9H,4-8,11-12H2,1-3H3. The second kappa shape index (κ2) is 5.55. The lowest BCUT2D eigenvalue weighted by Gasteiger charge is -2.30. The summed E-state index contributed by atoms with van der Waals surface area (Å²) in [7, 11) is 0. The molecule has 0 aliphatic rings. The second-order valence-corrected chi connectivity index (χ2v) is 4.29. The number of hydrogen-bond donors (Lipinski definition) is 2. The second-order valence-electron chi connectivity index (χ2n) is 4.29. The van der Waals surface area contributed by atoms with Gasteiger partial charge in [-0.25, -0.2) is 0 Å². The molecule has 0 bridgehead atoms.